The molecule has 1 aliphatic heterocycles. The number of anilines is 1. The largest absolute Gasteiger partial charge is 0.454 e. The number of carbonyl (C=O) groups is 4. The highest BCUT2D eigenvalue weighted by molar-refractivity contribution is 6.44. The molecule has 2 amide bonds. The third kappa shape index (κ3) is 4.46. The third-order valence-electron chi connectivity index (χ3n) is 5.68. The Balaban J connectivity index is 1.55. The van der Waals surface area contributed by atoms with E-state index in [4.69, 9.17) is 27.9 Å². The van der Waals surface area contributed by atoms with E-state index in [2.05, 4.69) is 0 Å². The lowest BCUT2D eigenvalue weighted by molar-refractivity contribution is -0.385. The SMILES string of the molecule is Cc1ccc(C(=O)OCC(=O)c2ccc(C)c([N+](=O)[O-])c2)cc1N1C(=O)c2cc(Cl)c(Cl)cc2C1=O. The first kappa shape index (κ1) is 25.0. The molecule has 0 aromatic heterocycles. The molecule has 1 heterocycles. The summed E-state index contributed by atoms with van der Waals surface area (Å²) in [5.74, 6) is -2.77. The van der Waals surface area contributed by atoms with E-state index in [1.54, 1.807) is 13.8 Å². The van der Waals surface area contributed by atoms with Crippen LogP contribution in [0.25, 0.3) is 0 Å². The first-order valence-electron chi connectivity index (χ1n) is 10.4. The number of nitrogens with zero attached hydrogens (tertiary/aromatic N) is 2. The predicted octanol–water partition coefficient (Wildman–Crippen LogP) is 5.36. The molecule has 9 nitrogen and oxygen atoms in total. The van der Waals surface area contributed by atoms with Gasteiger partial charge in [0.05, 0.1) is 37.3 Å². The van der Waals surface area contributed by atoms with Gasteiger partial charge in [-0.2, -0.15) is 0 Å². The van der Waals surface area contributed by atoms with E-state index in [0.717, 1.165) is 11.0 Å². The van der Waals surface area contributed by atoms with Crippen molar-refractivity contribution in [3.05, 3.63) is 102 Å². The molecule has 0 spiro atoms. The standard InChI is InChI=1S/C25H16Cl2N2O7/c1-12-4-6-15(25(33)36-11-22(30)14-5-3-13(2)21(7-14)29(34)35)8-20(12)28-23(31)16-9-18(26)19(27)10-17(16)24(28)32/h3-10H,11H2,1-2H3. The van der Waals surface area contributed by atoms with E-state index < -0.39 is 35.1 Å². The molecule has 0 aliphatic carbocycles. The summed E-state index contributed by atoms with van der Waals surface area (Å²) in [6.45, 7) is 2.53. The monoisotopic (exact) mass is 526 g/mol. The van der Waals surface area contributed by atoms with Gasteiger partial charge in [0, 0.05) is 17.2 Å². The Morgan fingerprint density at radius 2 is 1.44 bits per heavy atom. The summed E-state index contributed by atoms with van der Waals surface area (Å²) in [6, 6.07) is 10.8. The van der Waals surface area contributed by atoms with Gasteiger partial charge in [-0.3, -0.25) is 24.5 Å². The average molecular weight is 527 g/mol. The maximum absolute atomic E-state index is 13.0. The first-order valence-corrected chi connectivity index (χ1v) is 11.2. The molecule has 3 aromatic rings. The number of imide groups is 1. The molecule has 0 saturated carbocycles. The van der Waals surface area contributed by atoms with Crippen LogP contribution < -0.4 is 4.90 Å². The second kappa shape index (κ2) is 9.52. The number of hydrogen-bond donors (Lipinski definition) is 0. The van der Waals surface area contributed by atoms with Crippen LogP contribution >= 0.6 is 23.2 Å². The Morgan fingerprint density at radius 3 is 2.03 bits per heavy atom. The van der Waals surface area contributed by atoms with Gasteiger partial charge in [0.1, 0.15) is 0 Å². The Bertz CT molecular complexity index is 1460. The number of esters is 1. The second-order valence-electron chi connectivity index (χ2n) is 8.02. The van der Waals surface area contributed by atoms with E-state index in [0.29, 0.717) is 11.1 Å². The number of aryl methyl sites for hydroxylation is 2. The number of nitro benzene ring substituents is 1. The second-order valence-corrected chi connectivity index (χ2v) is 8.83. The van der Waals surface area contributed by atoms with E-state index in [9.17, 15) is 29.3 Å². The van der Waals surface area contributed by atoms with Crippen molar-refractivity contribution >= 4 is 58.1 Å². The molecule has 4 rings (SSSR count). The minimum atomic E-state index is -0.881. The zero-order valence-corrected chi connectivity index (χ0v) is 20.3. The lowest BCUT2D eigenvalue weighted by Crippen LogP contribution is -2.30. The molecule has 182 valence electrons. The van der Waals surface area contributed by atoms with Crippen molar-refractivity contribution in [2.45, 2.75) is 13.8 Å². The minimum absolute atomic E-state index is 0.00842. The van der Waals surface area contributed by atoms with Crippen LogP contribution in [0.5, 0.6) is 0 Å². The van der Waals surface area contributed by atoms with Crippen LogP contribution in [0.2, 0.25) is 10.0 Å². The number of rotatable bonds is 6. The number of halogens is 2. The average Bonchev–Trinajstić information content (AvgIpc) is 3.07. The lowest BCUT2D eigenvalue weighted by atomic mass is 10.1. The number of nitro groups is 1. The van der Waals surface area contributed by atoms with E-state index in [1.165, 1.54) is 42.5 Å². The smallest absolute Gasteiger partial charge is 0.338 e. The summed E-state index contributed by atoms with van der Waals surface area (Å²) < 4.78 is 5.10. The summed E-state index contributed by atoms with van der Waals surface area (Å²) in [5.41, 5.74) is 1.03. The van der Waals surface area contributed by atoms with Crippen LogP contribution in [0.3, 0.4) is 0 Å². The zero-order chi connectivity index (χ0) is 26.3. The van der Waals surface area contributed by atoms with Crippen molar-refractivity contribution in [1.82, 2.24) is 0 Å². The molecule has 1 aliphatic rings. The number of ketones is 1. The van der Waals surface area contributed by atoms with E-state index in [-0.39, 0.29) is 43.7 Å². The third-order valence-corrected chi connectivity index (χ3v) is 6.40. The van der Waals surface area contributed by atoms with Crippen LogP contribution in [-0.2, 0) is 4.74 Å². The molecule has 0 bridgehead atoms. The fourth-order valence-electron chi connectivity index (χ4n) is 3.71. The maximum Gasteiger partial charge on any atom is 0.338 e. The summed E-state index contributed by atoms with van der Waals surface area (Å²) in [6.07, 6.45) is 0. The van der Waals surface area contributed by atoms with Crippen molar-refractivity contribution in [3.8, 4) is 0 Å². The van der Waals surface area contributed by atoms with Gasteiger partial charge in [-0.1, -0.05) is 41.4 Å². The summed E-state index contributed by atoms with van der Waals surface area (Å²) in [7, 11) is 0. The topological polar surface area (TPSA) is 124 Å². The molecule has 36 heavy (non-hydrogen) atoms. The molecule has 11 heteroatoms. The number of fused-ring (bicyclic) bond motifs is 1. The van der Waals surface area contributed by atoms with Crippen LogP contribution in [0.1, 0.15) is 52.6 Å². The molecule has 0 radical (unpaired) electrons. The van der Waals surface area contributed by atoms with Crippen LogP contribution in [0.4, 0.5) is 11.4 Å². The Kier molecular flexibility index (Phi) is 6.62. The van der Waals surface area contributed by atoms with Gasteiger partial charge in [0.2, 0.25) is 5.78 Å². The van der Waals surface area contributed by atoms with Gasteiger partial charge < -0.3 is 4.74 Å². The summed E-state index contributed by atoms with van der Waals surface area (Å²) in [4.78, 5) is 62.5. The van der Waals surface area contributed by atoms with Crippen LogP contribution in [-0.4, -0.2) is 35.1 Å². The molecular weight excluding hydrogens is 511 g/mol. The van der Waals surface area contributed by atoms with Crippen LogP contribution in [0.15, 0.2) is 48.5 Å². The summed E-state index contributed by atoms with van der Waals surface area (Å²) in [5, 5.41) is 11.4. The number of carbonyl (C=O) groups excluding carboxylic acids is 4. The van der Waals surface area contributed by atoms with E-state index in [1.807, 2.05) is 0 Å². The number of Topliss-reactive ketones (excluding diaryl/α,β-unsaturated/α-hetero) is 1. The van der Waals surface area contributed by atoms with Gasteiger partial charge in [-0.05, 0) is 43.7 Å². The highest BCUT2D eigenvalue weighted by atomic mass is 35.5. The van der Waals surface area contributed by atoms with Crippen molar-refractivity contribution in [2.75, 3.05) is 11.5 Å². The van der Waals surface area contributed by atoms with Gasteiger partial charge in [0.25, 0.3) is 17.5 Å². The number of hydrogen-bond acceptors (Lipinski definition) is 7. The Labute approximate surface area is 214 Å². The van der Waals surface area contributed by atoms with Crippen molar-refractivity contribution in [1.29, 1.82) is 0 Å². The normalized spacial score (nSPS) is 12.5. The molecule has 0 fully saturated rings. The van der Waals surface area contributed by atoms with E-state index >= 15 is 0 Å². The Morgan fingerprint density at radius 1 is 0.889 bits per heavy atom. The number of ether oxygens (including phenoxy) is 1. The minimum Gasteiger partial charge on any atom is -0.454 e. The molecule has 3 aromatic carbocycles. The zero-order valence-electron chi connectivity index (χ0n) is 18.8. The first-order chi connectivity index (χ1) is 17.0. The summed E-state index contributed by atoms with van der Waals surface area (Å²) >= 11 is 12.0. The predicted molar refractivity (Wildman–Crippen MR) is 131 cm³/mol. The fourth-order valence-corrected chi connectivity index (χ4v) is 4.03. The number of benzene rings is 3. The van der Waals surface area contributed by atoms with Crippen LogP contribution in [0, 0.1) is 24.0 Å². The van der Waals surface area contributed by atoms with Crippen molar-refractivity contribution in [3.63, 3.8) is 0 Å². The molecule has 0 N–H and O–H groups in total. The lowest BCUT2D eigenvalue weighted by Gasteiger charge is -2.17. The quantitative estimate of drug-likeness (QED) is 0.139. The van der Waals surface area contributed by atoms with Gasteiger partial charge in [-0.15, -0.1) is 0 Å². The van der Waals surface area contributed by atoms with Crippen molar-refractivity contribution in [2.24, 2.45) is 0 Å². The molecule has 0 unspecified atom stereocenters. The van der Waals surface area contributed by atoms with Crippen molar-refractivity contribution < 1.29 is 28.8 Å². The Hall–Kier alpha value is -4.08. The fraction of sp³-hybridized carbons (Fsp3) is 0.120. The molecular formula is C25H16Cl2N2O7. The van der Waals surface area contributed by atoms with Gasteiger partial charge in [0.15, 0.2) is 6.61 Å². The highest BCUT2D eigenvalue weighted by Crippen LogP contribution is 2.35. The maximum atomic E-state index is 13.0. The van der Waals surface area contributed by atoms with Gasteiger partial charge in [-0.25, -0.2) is 9.69 Å². The number of amides is 2. The molecule has 0 atom stereocenters. The highest BCUT2D eigenvalue weighted by Gasteiger charge is 2.38. The molecule has 0 saturated heterocycles. The van der Waals surface area contributed by atoms with Gasteiger partial charge >= 0.3 is 5.97 Å².